The van der Waals surface area contributed by atoms with Crippen molar-refractivity contribution in [3.8, 4) is 0 Å². The molecule has 0 heterocycles. The summed E-state index contributed by atoms with van der Waals surface area (Å²) in [5.74, 6) is 0. The second-order valence-corrected chi connectivity index (χ2v) is 2.26. The summed E-state index contributed by atoms with van der Waals surface area (Å²) in [6.45, 7) is 22.9. The van der Waals surface area contributed by atoms with Crippen molar-refractivity contribution in [2.75, 3.05) is 0 Å². The molecule has 0 atom stereocenters. The molecule has 13 heavy (non-hydrogen) atoms. The van der Waals surface area contributed by atoms with Crippen LogP contribution in [0.25, 0.3) is 0 Å². The maximum atomic E-state index is 5.14. The van der Waals surface area contributed by atoms with Gasteiger partial charge in [0.25, 0.3) is 0 Å². The molecule has 0 N–H and O–H groups in total. The first-order valence-electron chi connectivity index (χ1n) is 4.24. The number of hydrogen-bond donors (Lipinski definition) is 0. The Labute approximate surface area is 88.1 Å². The number of rotatable bonds is 5. The molecule has 0 aliphatic rings. The molecule has 0 saturated heterocycles. The summed E-state index contributed by atoms with van der Waals surface area (Å²) in [6, 6.07) is 0. The molecule has 0 aromatic heterocycles. The molecule has 1 radical (unpaired) electrons. The van der Waals surface area contributed by atoms with Crippen molar-refractivity contribution in [1.29, 1.82) is 0 Å². The Bertz CT molecular complexity index is 252. The van der Waals surface area contributed by atoms with E-state index in [1.807, 2.05) is 67.2 Å². The van der Waals surface area contributed by atoms with Gasteiger partial charge in [-0.2, -0.15) is 0 Å². The Morgan fingerprint density at radius 3 is 1.38 bits per heavy atom. The summed E-state index contributed by atoms with van der Waals surface area (Å²) in [7, 11) is 5.14. The molecule has 0 unspecified atom stereocenters. The fourth-order valence-corrected chi connectivity index (χ4v) is 0.624. The number of hydrogen-bond acceptors (Lipinski definition) is 0. The van der Waals surface area contributed by atoms with Crippen LogP contribution in [0.2, 0.25) is 6.82 Å². The van der Waals surface area contributed by atoms with Gasteiger partial charge in [-0.1, -0.05) is 0 Å². The fourth-order valence-electron chi connectivity index (χ4n) is 0.624. The van der Waals surface area contributed by atoms with E-state index in [1.165, 1.54) is 6.69 Å². The van der Waals surface area contributed by atoms with Crippen molar-refractivity contribution in [3.05, 3.63) is 0 Å². The van der Waals surface area contributed by atoms with Crippen LogP contribution in [-0.4, -0.2) is 81.1 Å². The monoisotopic (exact) mass is 147 g/mol. The average molecular weight is 145 g/mol. The second-order valence-electron chi connectivity index (χ2n) is 2.26. The van der Waals surface area contributed by atoms with E-state index in [0.29, 0.717) is 0 Å². The van der Waals surface area contributed by atoms with Crippen LogP contribution >= 0.6 is 0 Å². The molecule has 0 spiro atoms. The van der Waals surface area contributed by atoms with Crippen LogP contribution in [0.3, 0.4) is 0 Å². The summed E-state index contributed by atoms with van der Waals surface area (Å²) >= 11 is 0. The summed E-state index contributed by atoms with van der Waals surface area (Å²) in [6.07, 6.45) is 0. The van der Waals surface area contributed by atoms with Crippen molar-refractivity contribution in [2.45, 2.75) is 6.82 Å². The van der Waals surface area contributed by atoms with Crippen LogP contribution in [0.5, 0.6) is 0 Å². The predicted octanol–water partition coefficient (Wildman–Crippen LogP) is -3.99. The van der Waals surface area contributed by atoms with Gasteiger partial charge < -0.3 is 0 Å². The molecule has 0 amide bonds. The zero-order chi connectivity index (χ0) is 9.78. The normalized spacial score (nSPS) is 6.77. The van der Waals surface area contributed by atoms with E-state index in [-0.39, 0.29) is 0 Å². The summed E-state index contributed by atoms with van der Waals surface area (Å²) in [5.41, 5.74) is 0. The molecular formula is CH3B12. The zero-order valence-corrected chi connectivity index (χ0v) is 7.93. The van der Waals surface area contributed by atoms with Gasteiger partial charge in [-0.3, -0.25) is 0 Å². The Hall–Kier alpha value is 0.779. The van der Waals surface area contributed by atoms with Crippen molar-refractivity contribution in [2.24, 2.45) is 0 Å². The molecule has 0 fully saturated rings. The summed E-state index contributed by atoms with van der Waals surface area (Å²) < 4.78 is 0. The third kappa shape index (κ3) is 12.8. The van der Waals surface area contributed by atoms with Crippen LogP contribution in [0.1, 0.15) is 0 Å². The Kier molecular flexibility index (Phi) is 13.5. The van der Waals surface area contributed by atoms with E-state index in [9.17, 15) is 0 Å². The van der Waals surface area contributed by atoms with Gasteiger partial charge in [0, 0.05) is 0 Å². The van der Waals surface area contributed by atoms with E-state index < -0.39 is 0 Å². The average Bonchev–Trinajstić information content (AvgIpc) is 2.16. The SMILES string of the molecule is [B]=BB=BB=BB=BB=BB=BC. The van der Waals surface area contributed by atoms with Crippen LogP contribution < -0.4 is 0 Å². The van der Waals surface area contributed by atoms with Gasteiger partial charge in [0.05, 0.1) is 0 Å². The van der Waals surface area contributed by atoms with E-state index in [0.717, 1.165) is 0 Å². The van der Waals surface area contributed by atoms with E-state index in [4.69, 9.17) is 7.37 Å². The topological polar surface area (TPSA) is 0 Å². The standard InChI is InChI=1S/CH3B12/c1-3-5-7-9-11-13-12-10-8-6-4-2/h1H3. The van der Waals surface area contributed by atoms with Crippen molar-refractivity contribution >= 4 is 81.1 Å². The second kappa shape index (κ2) is 12.8. The minimum absolute atomic E-state index is 1.50. The first-order valence-corrected chi connectivity index (χ1v) is 4.24. The molecule has 0 bridgehead atoms. The minimum atomic E-state index is 1.50. The van der Waals surface area contributed by atoms with Gasteiger partial charge in [0.2, 0.25) is 0 Å². The molecule has 0 aliphatic heterocycles. The van der Waals surface area contributed by atoms with Crippen molar-refractivity contribution in [3.63, 3.8) is 0 Å². The van der Waals surface area contributed by atoms with Crippen LogP contribution in [-0.2, 0) is 0 Å². The molecule has 0 aromatic carbocycles. The molecule has 0 nitrogen and oxygen atoms in total. The third-order valence-electron chi connectivity index (χ3n) is 1.19. The molecule has 43 valence electrons. The maximum absolute atomic E-state index is 5.14. The van der Waals surface area contributed by atoms with E-state index in [1.54, 1.807) is 6.69 Å². The van der Waals surface area contributed by atoms with Crippen molar-refractivity contribution < 1.29 is 0 Å². The summed E-state index contributed by atoms with van der Waals surface area (Å²) in [4.78, 5) is 0. The van der Waals surface area contributed by atoms with Gasteiger partial charge in [0.1, 0.15) is 0 Å². The quantitative estimate of drug-likeness (QED) is 0.346. The Balaban J connectivity index is 3.68. The molecule has 0 saturated carbocycles. The third-order valence-corrected chi connectivity index (χ3v) is 1.19. The predicted molar refractivity (Wildman–Crippen MR) is 74.9 cm³/mol. The van der Waals surface area contributed by atoms with Crippen LogP contribution in [0, 0.1) is 0 Å². The van der Waals surface area contributed by atoms with Gasteiger partial charge in [-0.15, -0.1) is 0 Å². The van der Waals surface area contributed by atoms with Gasteiger partial charge >= 0.3 is 87.9 Å². The first-order chi connectivity index (χ1) is 6.41. The van der Waals surface area contributed by atoms with Crippen LogP contribution in [0.15, 0.2) is 0 Å². The van der Waals surface area contributed by atoms with Crippen molar-refractivity contribution in [1.82, 2.24) is 0 Å². The van der Waals surface area contributed by atoms with Gasteiger partial charge in [-0.25, -0.2) is 0 Å². The van der Waals surface area contributed by atoms with Gasteiger partial charge in [-0.05, 0) is 0 Å². The van der Waals surface area contributed by atoms with Crippen LogP contribution in [0.4, 0.5) is 0 Å². The van der Waals surface area contributed by atoms with E-state index >= 15 is 0 Å². The molecule has 0 rings (SSSR count). The molecule has 12 heteroatoms. The summed E-state index contributed by atoms with van der Waals surface area (Å²) in [5, 5.41) is 0. The van der Waals surface area contributed by atoms with E-state index in [2.05, 4.69) is 0 Å². The first kappa shape index (κ1) is 13.8. The zero-order valence-electron chi connectivity index (χ0n) is 7.93. The molecular weight excluding hydrogens is 142 g/mol. The van der Waals surface area contributed by atoms with Gasteiger partial charge in [0.15, 0.2) is 0 Å². The fraction of sp³-hybridized carbons (Fsp3) is 1.00. The molecule has 0 aliphatic carbocycles. The Morgan fingerprint density at radius 1 is 0.615 bits per heavy atom. The Morgan fingerprint density at radius 2 is 1.00 bits per heavy atom. The molecule has 0 aromatic rings.